The lowest BCUT2D eigenvalue weighted by Crippen LogP contribution is -2.13. The molecule has 7 heteroatoms. The molecular weight excluding hydrogens is 473 g/mol. The van der Waals surface area contributed by atoms with Gasteiger partial charge in [0.1, 0.15) is 0 Å². The summed E-state index contributed by atoms with van der Waals surface area (Å²) in [5, 5.41) is 0. The van der Waals surface area contributed by atoms with E-state index in [4.69, 9.17) is 16.5 Å². The van der Waals surface area contributed by atoms with E-state index in [9.17, 15) is 4.79 Å². The summed E-state index contributed by atoms with van der Waals surface area (Å²) in [4.78, 5) is 17.7. The van der Waals surface area contributed by atoms with Gasteiger partial charge >= 0.3 is 0 Å². The fourth-order valence-corrected chi connectivity index (χ4v) is 4.96. The van der Waals surface area contributed by atoms with Crippen LogP contribution in [0.25, 0.3) is 11.1 Å². The second kappa shape index (κ2) is 13.0. The Morgan fingerprint density at radius 3 is 2.21 bits per heavy atom. The van der Waals surface area contributed by atoms with E-state index in [-0.39, 0.29) is 24.8 Å². The minimum atomic E-state index is -0.411. The Labute approximate surface area is 213 Å². The molecule has 0 radical (unpaired) electrons. The molecular formula is C26H33Cl2N3OS. The fraction of sp³-hybridized carbons (Fsp3) is 0.308. The van der Waals surface area contributed by atoms with E-state index in [2.05, 4.69) is 52.0 Å². The third-order valence-corrected chi connectivity index (χ3v) is 6.46. The molecule has 1 heterocycles. The summed E-state index contributed by atoms with van der Waals surface area (Å²) >= 11 is 1.61. The standard InChI is InChI=1S/C26H31N3OS.2ClH/c1-16(2)13-23-21(14-27)25(19-11-9-17(3)10-12-19)22(18(4)29-23)15-31-24-8-6-5-7-20(24)26(28)30;;/h5-12,16H,13-15,27H2,1-4H3,(H2,28,30);2*1H. The molecule has 0 aliphatic carbocycles. The van der Waals surface area contributed by atoms with Crippen LogP contribution in [-0.4, -0.2) is 10.9 Å². The second-order valence-corrected chi connectivity index (χ2v) is 9.31. The molecule has 4 N–H and O–H groups in total. The van der Waals surface area contributed by atoms with Crippen molar-refractivity contribution in [1.29, 1.82) is 0 Å². The fourth-order valence-electron chi connectivity index (χ4n) is 3.81. The molecule has 0 spiro atoms. The molecule has 0 fully saturated rings. The SMILES string of the molecule is Cc1ccc(-c2c(CSc3ccccc3C(N)=O)c(C)nc(CC(C)C)c2CN)cc1.Cl.Cl. The van der Waals surface area contributed by atoms with Gasteiger partial charge in [0.25, 0.3) is 0 Å². The number of aromatic nitrogens is 1. The summed E-state index contributed by atoms with van der Waals surface area (Å²) in [7, 11) is 0. The normalized spacial score (nSPS) is 10.5. The molecule has 1 aromatic heterocycles. The lowest BCUT2D eigenvalue weighted by atomic mass is 9.90. The third-order valence-electron chi connectivity index (χ3n) is 5.36. The number of carbonyl (C=O) groups is 1. The Morgan fingerprint density at radius 2 is 1.64 bits per heavy atom. The van der Waals surface area contributed by atoms with Crippen LogP contribution in [0.5, 0.6) is 0 Å². The number of primary amides is 1. The van der Waals surface area contributed by atoms with E-state index >= 15 is 0 Å². The third kappa shape index (κ3) is 6.97. The van der Waals surface area contributed by atoms with Crippen LogP contribution < -0.4 is 11.5 Å². The van der Waals surface area contributed by atoms with Crippen molar-refractivity contribution in [1.82, 2.24) is 4.98 Å². The summed E-state index contributed by atoms with van der Waals surface area (Å²) in [6, 6.07) is 16.1. The van der Waals surface area contributed by atoms with Crippen molar-refractivity contribution < 1.29 is 4.79 Å². The van der Waals surface area contributed by atoms with Crippen LogP contribution in [0.2, 0.25) is 0 Å². The molecule has 3 rings (SSSR count). The van der Waals surface area contributed by atoms with E-state index in [1.807, 2.05) is 18.2 Å². The van der Waals surface area contributed by atoms with Crippen LogP contribution in [0.4, 0.5) is 0 Å². The van der Waals surface area contributed by atoms with Crippen molar-refractivity contribution in [3.8, 4) is 11.1 Å². The minimum Gasteiger partial charge on any atom is -0.366 e. The number of nitrogens with zero attached hydrogens (tertiary/aromatic N) is 1. The number of rotatable bonds is 8. The summed E-state index contributed by atoms with van der Waals surface area (Å²) in [5.41, 5.74) is 20.3. The van der Waals surface area contributed by atoms with Crippen LogP contribution in [0.15, 0.2) is 53.4 Å². The zero-order valence-corrected chi connectivity index (χ0v) is 22.0. The average Bonchev–Trinajstić information content (AvgIpc) is 2.73. The molecule has 3 aromatic rings. The van der Waals surface area contributed by atoms with Gasteiger partial charge in [-0.25, -0.2) is 0 Å². The number of hydrogen-bond acceptors (Lipinski definition) is 4. The van der Waals surface area contributed by atoms with Gasteiger partial charge in [-0.3, -0.25) is 9.78 Å². The van der Waals surface area contributed by atoms with Gasteiger partial charge in [0.15, 0.2) is 0 Å². The van der Waals surface area contributed by atoms with Gasteiger partial charge in [-0.05, 0) is 60.6 Å². The first-order valence-electron chi connectivity index (χ1n) is 10.6. The largest absolute Gasteiger partial charge is 0.366 e. The number of thioether (sulfide) groups is 1. The Balaban J connectivity index is 0.00000272. The topological polar surface area (TPSA) is 82.0 Å². The molecule has 1 amide bonds. The van der Waals surface area contributed by atoms with Crippen LogP contribution in [0.1, 0.15) is 52.3 Å². The van der Waals surface area contributed by atoms with E-state index in [0.29, 0.717) is 23.8 Å². The molecule has 0 atom stereocenters. The highest BCUT2D eigenvalue weighted by molar-refractivity contribution is 7.98. The van der Waals surface area contributed by atoms with Crippen LogP contribution in [-0.2, 0) is 18.7 Å². The van der Waals surface area contributed by atoms with E-state index in [1.165, 1.54) is 11.1 Å². The van der Waals surface area contributed by atoms with Gasteiger partial charge in [-0.2, -0.15) is 0 Å². The number of benzene rings is 2. The van der Waals surface area contributed by atoms with Crippen LogP contribution in [0.3, 0.4) is 0 Å². The summed E-state index contributed by atoms with van der Waals surface area (Å²) in [6.45, 7) is 9.00. The van der Waals surface area contributed by atoms with Gasteiger partial charge in [-0.15, -0.1) is 36.6 Å². The van der Waals surface area contributed by atoms with E-state index in [1.54, 1.807) is 17.8 Å². The first-order valence-corrected chi connectivity index (χ1v) is 11.6. The number of pyridine rings is 1. The van der Waals surface area contributed by atoms with Crippen molar-refractivity contribution in [3.63, 3.8) is 0 Å². The average molecular weight is 507 g/mol. The predicted molar refractivity (Wildman–Crippen MR) is 145 cm³/mol. The summed E-state index contributed by atoms with van der Waals surface area (Å²) in [6.07, 6.45) is 0.893. The highest BCUT2D eigenvalue weighted by Crippen LogP contribution is 2.36. The number of halogens is 2. The van der Waals surface area contributed by atoms with E-state index < -0.39 is 5.91 Å². The predicted octanol–water partition coefficient (Wildman–Crippen LogP) is 6.26. The van der Waals surface area contributed by atoms with E-state index in [0.717, 1.165) is 39.4 Å². The zero-order chi connectivity index (χ0) is 22.5. The molecule has 0 aliphatic heterocycles. The van der Waals surface area contributed by atoms with Crippen LogP contribution >= 0.6 is 36.6 Å². The van der Waals surface area contributed by atoms with Crippen molar-refractivity contribution >= 4 is 42.5 Å². The molecule has 0 unspecified atom stereocenters. The number of hydrogen-bond donors (Lipinski definition) is 2. The second-order valence-electron chi connectivity index (χ2n) is 8.29. The van der Waals surface area contributed by atoms with Crippen molar-refractivity contribution in [2.24, 2.45) is 17.4 Å². The highest BCUT2D eigenvalue weighted by Gasteiger charge is 2.20. The van der Waals surface area contributed by atoms with Gasteiger partial charge in [0.2, 0.25) is 5.91 Å². The quantitative estimate of drug-likeness (QED) is 0.354. The number of carbonyl (C=O) groups excluding carboxylic acids is 1. The molecule has 178 valence electrons. The van der Waals surface area contributed by atoms with Crippen molar-refractivity contribution in [2.75, 3.05) is 0 Å². The Morgan fingerprint density at radius 1 is 1.00 bits per heavy atom. The highest BCUT2D eigenvalue weighted by atomic mass is 35.5. The number of aryl methyl sites for hydroxylation is 2. The van der Waals surface area contributed by atoms with Gasteiger partial charge in [0, 0.05) is 28.6 Å². The molecule has 0 bridgehead atoms. The van der Waals surface area contributed by atoms with Gasteiger partial charge in [-0.1, -0.05) is 55.8 Å². The first kappa shape index (κ1) is 29.0. The maximum Gasteiger partial charge on any atom is 0.249 e. The van der Waals surface area contributed by atoms with Gasteiger partial charge < -0.3 is 11.5 Å². The summed E-state index contributed by atoms with van der Waals surface area (Å²) in [5.74, 6) is 0.763. The smallest absolute Gasteiger partial charge is 0.249 e. The Kier molecular flexibility index (Phi) is 11.4. The zero-order valence-electron chi connectivity index (χ0n) is 19.6. The molecule has 2 aromatic carbocycles. The number of amides is 1. The molecule has 0 saturated carbocycles. The van der Waals surface area contributed by atoms with Crippen LogP contribution in [0, 0.1) is 19.8 Å². The maximum absolute atomic E-state index is 11.8. The Hall–Kier alpha value is -2.05. The minimum absolute atomic E-state index is 0. The molecule has 0 saturated heterocycles. The monoisotopic (exact) mass is 505 g/mol. The lowest BCUT2D eigenvalue weighted by Gasteiger charge is -2.21. The Bertz CT molecular complexity index is 1090. The number of nitrogens with two attached hydrogens (primary N) is 2. The molecule has 0 aliphatic rings. The maximum atomic E-state index is 11.8. The van der Waals surface area contributed by atoms with Gasteiger partial charge in [0.05, 0.1) is 5.56 Å². The first-order chi connectivity index (χ1) is 14.8. The van der Waals surface area contributed by atoms with Crippen molar-refractivity contribution in [2.45, 2.75) is 51.3 Å². The molecule has 4 nitrogen and oxygen atoms in total. The molecule has 33 heavy (non-hydrogen) atoms. The van der Waals surface area contributed by atoms with Crippen molar-refractivity contribution in [3.05, 3.63) is 82.2 Å². The lowest BCUT2D eigenvalue weighted by molar-refractivity contribution is 0.0997. The summed E-state index contributed by atoms with van der Waals surface area (Å²) < 4.78 is 0.